The lowest BCUT2D eigenvalue weighted by Gasteiger charge is -2.40. The molecule has 1 fully saturated rings. The Morgan fingerprint density at radius 2 is 1.91 bits per heavy atom. The van der Waals surface area contributed by atoms with Crippen molar-refractivity contribution in [3.8, 4) is 0 Å². The molecule has 0 N–H and O–H groups in total. The van der Waals surface area contributed by atoms with E-state index < -0.39 is 17.6 Å². The molecule has 0 radical (unpaired) electrons. The van der Waals surface area contributed by atoms with Gasteiger partial charge in [0.25, 0.3) is 5.91 Å². The van der Waals surface area contributed by atoms with Gasteiger partial charge in [-0.05, 0) is 24.5 Å². The molecule has 0 bridgehead atoms. The van der Waals surface area contributed by atoms with Crippen LogP contribution in [0.1, 0.15) is 28.9 Å². The highest BCUT2D eigenvalue weighted by Crippen LogP contribution is 2.51. The molecule has 1 aromatic heterocycles. The highest BCUT2D eigenvalue weighted by Gasteiger charge is 2.63. The third kappa shape index (κ3) is 2.31. The molecule has 1 aromatic carbocycles. The Bertz CT molecular complexity index is 711. The van der Waals surface area contributed by atoms with Crippen LogP contribution in [-0.4, -0.2) is 33.3 Å². The van der Waals surface area contributed by atoms with E-state index in [1.165, 1.54) is 29.1 Å². The summed E-state index contributed by atoms with van der Waals surface area (Å²) < 4.78 is 43.4. The molecule has 2 aromatic rings. The van der Waals surface area contributed by atoms with Gasteiger partial charge in [-0.2, -0.15) is 18.3 Å². The van der Waals surface area contributed by atoms with Gasteiger partial charge in [0.15, 0.2) is 5.54 Å². The molecule has 23 heavy (non-hydrogen) atoms. The Balaban J connectivity index is 2.12. The van der Waals surface area contributed by atoms with Crippen molar-refractivity contribution in [2.45, 2.75) is 24.6 Å². The van der Waals surface area contributed by atoms with E-state index >= 15 is 0 Å². The molecule has 1 aliphatic heterocycles. The van der Waals surface area contributed by atoms with E-state index in [0.29, 0.717) is 6.42 Å². The van der Waals surface area contributed by atoms with Gasteiger partial charge in [-0.1, -0.05) is 30.3 Å². The maximum atomic E-state index is 14.0. The van der Waals surface area contributed by atoms with Crippen molar-refractivity contribution in [1.82, 2.24) is 14.7 Å². The van der Waals surface area contributed by atoms with Gasteiger partial charge in [0.2, 0.25) is 0 Å². The molecule has 1 amide bonds. The molecule has 1 saturated heterocycles. The number of aromatic nitrogens is 2. The molecule has 1 atom stereocenters. The number of likely N-dealkylation sites (tertiary alicyclic amines) is 1. The third-order valence-corrected chi connectivity index (χ3v) is 4.39. The van der Waals surface area contributed by atoms with Crippen LogP contribution in [0.2, 0.25) is 0 Å². The maximum absolute atomic E-state index is 14.0. The molecule has 0 spiro atoms. The number of benzene rings is 1. The largest absolute Gasteiger partial charge is 0.415 e. The lowest BCUT2D eigenvalue weighted by Crippen LogP contribution is -2.55. The van der Waals surface area contributed by atoms with Crippen LogP contribution in [0.25, 0.3) is 0 Å². The van der Waals surface area contributed by atoms with Crippen molar-refractivity contribution in [2.24, 2.45) is 7.05 Å². The molecule has 7 heteroatoms. The third-order valence-electron chi connectivity index (χ3n) is 4.39. The van der Waals surface area contributed by atoms with Crippen LogP contribution in [0.5, 0.6) is 0 Å². The standard InChI is InChI=1S/C16H16F3N3O/c1-21-13(8-10-20-21)14(23)22-11-5-9-15(22,16(17,18)19)12-6-3-2-4-7-12/h2-4,6-8,10H,5,9,11H2,1H3. The molecule has 1 aliphatic rings. The van der Waals surface area contributed by atoms with Gasteiger partial charge in [-0.3, -0.25) is 9.48 Å². The van der Waals surface area contributed by atoms with Gasteiger partial charge >= 0.3 is 6.18 Å². The first kappa shape index (κ1) is 15.6. The molecule has 0 saturated carbocycles. The maximum Gasteiger partial charge on any atom is 0.415 e. The van der Waals surface area contributed by atoms with Crippen molar-refractivity contribution in [3.63, 3.8) is 0 Å². The van der Waals surface area contributed by atoms with E-state index in [4.69, 9.17) is 0 Å². The number of carbonyl (C=O) groups is 1. The Morgan fingerprint density at radius 3 is 2.48 bits per heavy atom. The summed E-state index contributed by atoms with van der Waals surface area (Å²) in [5, 5.41) is 3.88. The van der Waals surface area contributed by atoms with Crippen LogP contribution in [0, 0.1) is 0 Å². The number of alkyl halides is 3. The second kappa shape index (κ2) is 5.40. The Labute approximate surface area is 131 Å². The Hall–Kier alpha value is -2.31. The number of carbonyl (C=O) groups excluding carboxylic acids is 1. The van der Waals surface area contributed by atoms with Gasteiger partial charge in [0.05, 0.1) is 0 Å². The highest BCUT2D eigenvalue weighted by atomic mass is 19.4. The zero-order chi connectivity index (χ0) is 16.7. The summed E-state index contributed by atoms with van der Waals surface area (Å²) in [4.78, 5) is 13.7. The summed E-state index contributed by atoms with van der Waals surface area (Å²) in [6.07, 6.45) is -2.98. The minimum absolute atomic E-state index is 0.0679. The molecule has 122 valence electrons. The van der Waals surface area contributed by atoms with Gasteiger partial charge in [-0.25, -0.2) is 0 Å². The monoisotopic (exact) mass is 323 g/mol. The number of hydrogen-bond acceptors (Lipinski definition) is 2. The molecular formula is C16H16F3N3O. The van der Waals surface area contributed by atoms with E-state index in [1.807, 2.05) is 0 Å². The molecule has 0 aliphatic carbocycles. The SMILES string of the molecule is Cn1nccc1C(=O)N1CCCC1(c1ccccc1)C(F)(F)F. The van der Waals surface area contributed by atoms with Gasteiger partial charge in [-0.15, -0.1) is 0 Å². The van der Waals surface area contributed by atoms with Crippen LogP contribution in [0.4, 0.5) is 13.2 Å². The summed E-state index contributed by atoms with van der Waals surface area (Å²) in [6, 6.07) is 9.09. The predicted molar refractivity (Wildman–Crippen MR) is 77.7 cm³/mol. The zero-order valence-corrected chi connectivity index (χ0v) is 12.5. The number of halogens is 3. The van der Waals surface area contributed by atoms with Crippen molar-refractivity contribution < 1.29 is 18.0 Å². The Morgan fingerprint density at radius 1 is 1.22 bits per heavy atom. The summed E-state index contributed by atoms with van der Waals surface area (Å²) in [5.41, 5.74) is -2.03. The first-order chi connectivity index (χ1) is 10.9. The van der Waals surface area contributed by atoms with E-state index in [1.54, 1.807) is 25.2 Å². The normalized spacial score (nSPS) is 21.7. The minimum Gasteiger partial charge on any atom is -0.319 e. The van der Waals surface area contributed by atoms with Gasteiger partial charge < -0.3 is 4.90 Å². The highest BCUT2D eigenvalue weighted by molar-refractivity contribution is 5.93. The van der Waals surface area contributed by atoms with Crippen molar-refractivity contribution in [2.75, 3.05) is 6.54 Å². The van der Waals surface area contributed by atoms with Crippen LogP contribution in [0.15, 0.2) is 42.6 Å². The summed E-state index contributed by atoms with van der Waals surface area (Å²) in [7, 11) is 1.54. The number of rotatable bonds is 2. The fourth-order valence-corrected chi connectivity index (χ4v) is 3.29. The second-order valence-corrected chi connectivity index (χ2v) is 5.62. The van der Waals surface area contributed by atoms with Crippen LogP contribution >= 0.6 is 0 Å². The topological polar surface area (TPSA) is 38.1 Å². The molecule has 3 rings (SSSR count). The van der Waals surface area contributed by atoms with E-state index in [2.05, 4.69) is 5.10 Å². The van der Waals surface area contributed by atoms with Crippen LogP contribution < -0.4 is 0 Å². The Kier molecular flexibility index (Phi) is 3.66. The van der Waals surface area contributed by atoms with Crippen molar-refractivity contribution >= 4 is 5.91 Å². The van der Waals surface area contributed by atoms with E-state index in [-0.39, 0.29) is 24.2 Å². The van der Waals surface area contributed by atoms with Gasteiger partial charge in [0, 0.05) is 19.8 Å². The molecule has 2 heterocycles. The minimum atomic E-state index is -4.56. The fourth-order valence-electron chi connectivity index (χ4n) is 3.29. The smallest absolute Gasteiger partial charge is 0.319 e. The second-order valence-electron chi connectivity index (χ2n) is 5.62. The average molecular weight is 323 g/mol. The molecule has 1 unspecified atom stereocenters. The average Bonchev–Trinajstić information content (AvgIpc) is 3.13. The van der Waals surface area contributed by atoms with Crippen molar-refractivity contribution in [1.29, 1.82) is 0 Å². The van der Waals surface area contributed by atoms with E-state index in [0.717, 1.165) is 4.90 Å². The number of amides is 1. The predicted octanol–water partition coefficient (Wildman–Crippen LogP) is 3.11. The van der Waals surface area contributed by atoms with Crippen molar-refractivity contribution in [3.05, 3.63) is 53.9 Å². The summed E-state index contributed by atoms with van der Waals surface area (Å²) in [5.74, 6) is -0.649. The van der Waals surface area contributed by atoms with E-state index in [9.17, 15) is 18.0 Å². The number of aryl methyl sites for hydroxylation is 1. The lowest BCUT2D eigenvalue weighted by molar-refractivity contribution is -0.220. The quantitative estimate of drug-likeness (QED) is 0.852. The zero-order valence-electron chi connectivity index (χ0n) is 12.5. The summed E-state index contributed by atoms with van der Waals surface area (Å²) in [6.45, 7) is 0.0679. The number of nitrogens with zero attached hydrogens (tertiary/aromatic N) is 3. The molecular weight excluding hydrogens is 307 g/mol. The van der Waals surface area contributed by atoms with Crippen LogP contribution in [0.3, 0.4) is 0 Å². The number of hydrogen-bond donors (Lipinski definition) is 0. The lowest BCUT2D eigenvalue weighted by atomic mass is 9.86. The molecule has 4 nitrogen and oxygen atoms in total. The van der Waals surface area contributed by atoms with Gasteiger partial charge in [0.1, 0.15) is 5.69 Å². The first-order valence-corrected chi connectivity index (χ1v) is 7.30. The first-order valence-electron chi connectivity index (χ1n) is 7.30. The summed E-state index contributed by atoms with van der Waals surface area (Å²) >= 11 is 0. The fraction of sp³-hybridized carbons (Fsp3) is 0.375. The van der Waals surface area contributed by atoms with Crippen LogP contribution in [-0.2, 0) is 12.6 Å².